The van der Waals surface area contributed by atoms with Gasteiger partial charge in [-0.15, -0.1) is 0 Å². The highest BCUT2D eigenvalue weighted by molar-refractivity contribution is 5.78. The van der Waals surface area contributed by atoms with Crippen molar-refractivity contribution >= 4 is 17.2 Å². The predicted octanol–water partition coefficient (Wildman–Crippen LogP) is 2.20. The van der Waals surface area contributed by atoms with Crippen molar-refractivity contribution in [3.05, 3.63) is 70.8 Å². The van der Waals surface area contributed by atoms with Gasteiger partial charge >= 0.3 is 0 Å². The molecule has 0 aliphatic rings. The van der Waals surface area contributed by atoms with Gasteiger partial charge in [-0.1, -0.05) is 24.3 Å². The first-order chi connectivity index (χ1) is 9.29. The summed E-state index contributed by atoms with van der Waals surface area (Å²) in [5.74, 6) is 0. The second-order valence-corrected chi connectivity index (χ2v) is 4.15. The highest BCUT2D eigenvalue weighted by Gasteiger charge is 2.05. The quantitative estimate of drug-likeness (QED) is 0.655. The smallest absolute Gasteiger partial charge is 0.265 e. The lowest BCUT2D eigenvalue weighted by Gasteiger charge is -2.06. The molecular formula is C15H10N2O2. The SMILES string of the molecule is O=Cc1cccc(-n2cnc3ccccc3c2=O)c1. The van der Waals surface area contributed by atoms with Gasteiger partial charge in [0.1, 0.15) is 12.6 Å². The van der Waals surface area contributed by atoms with Crippen LogP contribution < -0.4 is 5.56 Å². The fourth-order valence-corrected chi connectivity index (χ4v) is 2.00. The Morgan fingerprint density at radius 3 is 2.74 bits per heavy atom. The molecule has 0 atom stereocenters. The number of carbonyl (C=O) groups excluding carboxylic acids is 1. The average molecular weight is 250 g/mol. The van der Waals surface area contributed by atoms with E-state index in [1.54, 1.807) is 42.5 Å². The van der Waals surface area contributed by atoms with E-state index in [1.165, 1.54) is 10.9 Å². The molecule has 4 nitrogen and oxygen atoms in total. The van der Waals surface area contributed by atoms with E-state index in [9.17, 15) is 9.59 Å². The zero-order valence-electron chi connectivity index (χ0n) is 9.98. The molecule has 0 N–H and O–H groups in total. The minimum Gasteiger partial charge on any atom is -0.298 e. The monoisotopic (exact) mass is 250 g/mol. The van der Waals surface area contributed by atoms with Gasteiger partial charge in [-0.3, -0.25) is 14.2 Å². The molecule has 92 valence electrons. The van der Waals surface area contributed by atoms with Crippen molar-refractivity contribution in [2.45, 2.75) is 0 Å². The Morgan fingerprint density at radius 2 is 1.89 bits per heavy atom. The third-order valence-electron chi connectivity index (χ3n) is 2.95. The summed E-state index contributed by atoms with van der Waals surface area (Å²) in [6.45, 7) is 0. The Hall–Kier alpha value is -2.75. The second kappa shape index (κ2) is 4.49. The minimum absolute atomic E-state index is 0.145. The number of aldehydes is 1. The fourth-order valence-electron chi connectivity index (χ4n) is 2.00. The van der Waals surface area contributed by atoms with Gasteiger partial charge in [0.15, 0.2) is 0 Å². The van der Waals surface area contributed by atoms with Crippen molar-refractivity contribution in [3.8, 4) is 5.69 Å². The number of aromatic nitrogens is 2. The van der Waals surface area contributed by atoms with Crippen molar-refractivity contribution in [1.29, 1.82) is 0 Å². The Balaban J connectivity index is 2.28. The van der Waals surface area contributed by atoms with Crippen LogP contribution in [0.4, 0.5) is 0 Å². The zero-order valence-corrected chi connectivity index (χ0v) is 9.98. The lowest BCUT2D eigenvalue weighted by atomic mass is 10.2. The topological polar surface area (TPSA) is 52.0 Å². The van der Waals surface area contributed by atoms with Crippen LogP contribution in [0.25, 0.3) is 16.6 Å². The van der Waals surface area contributed by atoms with Gasteiger partial charge in [0, 0.05) is 5.56 Å². The predicted molar refractivity (Wildman–Crippen MR) is 72.7 cm³/mol. The van der Waals surface area contributed by atoms with E-state index in [0.29, 0.717) is 22.2 Å². The molecule has 0 amide bonds. The molecule has 0 aliphatic heterocycles. The van der Waals surface area contributed by atoms with Crippen molar-refractivity contribution in [1.82, 2.24) is 9.55 Å². The third kappa shape index (κ3) is 1.93. The Bertz CT molecular complexity index is 821. The minimum atomic E-state index is -0.145. The molecule has 0 fully saturated rings. The molecule has 19 heavy (non-hydrogen) atoms. The maximum absolute atomic E-state index is 12.4. The van der Waals surface area contributed by atoms with Crippen molar-refractivity contribution < 1.29 is 4.79 Å². The van der Waals surface area contributed by atoms with Crippen LogP contribution >= 0.6 is 0 Å². The summed E-state index contributed by atoms with van der Waals surface area (Å²) in [7, 11) is 0. The van der Waals surface area contributed by atoms with Crippen LogP contribution in [0, 0.1) is 0 Å². The molecule has 2 aromatic carbocycles. The summed E-state index contributed by atoms with van der Waals surface area (Å²) in [4.78, 5) is 27.4. The first kappa shape index (κ1) is 11.3. The van der Waals surface area contributed by atoms with E-state index >= 15 is 0 Å². The number of hydrogen-bond donors (Lipinski definition) is 0. The zero-order chi connectivity index (χ0) is 13.2. The number of carbonyl (C=O) groups is 1. The van der Waals surface area contributed by atoms with Crippen LogP contribution in [0.5, 0.6) is 0 Å². The van der Waals surface area contributed by atoms with E-state index in [0.717, 1.165) is 6.29 Å². The van der Waals surface area contributed by atoms with Crippen LogP contribution in [0.2, 0.25) is 0 Å². The maximum Gasteiger partial charge on any atom is 0.265 e. The average Bonchev–Trinajstić information content (AvgIpc) is 2.48. The van der Waals surface area contributed by atoms with Crippen molar-refractivity contribution in [3.63, 3.8) is 0 Å². The molecule has 0 spiro atoms. The molecule has 0 bridgehead atoms. The summed E-state index contributed by atoms with van der Waals surface area (Å²) in [6, 6.07) is 14.0. The normalized spacial score (nSPS) is 10.5. The second-order valence-electron chi connectivity index (χ2n) is 4.15. The molecule has 1 aromatic heterocycles. The first-order valence-electron chi connectivity index (χ1n) is 5.81. The number of nitrogens with zero attached hydrogens (tertiary/aromatic N) is 2. The Morgan fingerprint density at radius 1 is 1.05 bits per heavy atom. The van der Waals surface area contributed by atoms with Gasteiger partial charge in [-0.05, 0) is 24.3 Å². The molecule has 0 radical (unpaired) electrons. The molecule has 4 heteroatoms. The lowest BCUT2D eigenvalue weighted by Crippen LogP contribution is -2.18. The van der Waals surface area contributed by atoms with Crippen LogP contribution in [-0.2, 0) is 0 Å². The summed E-state index contributed by atoms with van der Waals surface area (Å²) >= 11 is 0. The number of fused-ring (bicyclic) bond motifs is 1. The van der Waals surface area contributed by atoms with Gasteiger partial charge in [-0.25, -0.2) is 4.98 Å². The van der Waals surface area contributed by atoms with Crippen LogP contribution in [0.1, 0.15) is 10.4 Å². The third-order valence-corrected chi connectivity index (χ3v) is 2.95. The van der Waals surface area contributed by atoms with Gasteiger partial charge in [-0.2, -0.15) is 0 Å². The number of benzene rings is 2. The summed E-state index contributed by atoms with van der Waals surface area (Å²) < 4.78 is 1.44. The molecule has 3 aromatic rings. The van der Waals surface area contributed by atoms with E-state index in [1.807, 2.05) is 6.07 Å². The highest BCUT2D eigenvalue weighted by Crippen LogP contribution is 2.10. The van der Waals surface area contributed by atoms with Gasteiger partial charge in [0.05, 0.1) is 16.6 Å². The summed E-state index contributed by atoms with van der Waals surface area (Å²) in [5.41, 5.74) is 1.68. The van der Waals surface area contributed by atoms with Crippen LogP contribution in [0.15, 0.2) is 59.7 Å². The molecule has 0 saturated carbocycles. The summed E-state index contributed by atoms with van der Waals surface area (Å²) in [5, 5.41) is 0.557. The molecule has 3 rings (SSSR count). The number of hydrogen-bond acceptors (Lipinski definition) is 3. The van der Waals surface area contributed by atoms with Crippen molar-refractivity contribution in [2.75, 3.05) is 0 Å². The molecule has 0 aliphatic carbocycles. The van der Waals surface area contributed by atoms with Crippen molar-refractivity contribution in [2.24, 2.45) is 0 Å². The molecule has 0 saturated heterocycles. The van der Waals surface area contributed by atoms with Gasteiger partial charge < -0.3 is 0 Å². The van der Waals surface area contributed by atoms with Gasteiger partial charge in [0.2, 0.25) is 0 Å². The van der Waals surface area contributed by atoms with E-state index in [2.05, 4.69) is 4.98 Å². The fraction of sp³-hybridized carbons (Fsp3) is 0. The molecule has 1 heterocycles. The number of para-hydroxylation sites is 1. The maximum atomic E-state index is 12.4. The van der Waals surface area contributed by atoms with E-state index in [-0.39, 0.29) is 5.56 Å². The molecular weight excluding hydrogens is 240 g/mol. The van der Waals surface area contributed by atoms with E-state index < -0.39 is 0 Å². The standard InChI is InChI=1S/C15H10N2O2/c18-9-11-4-3-5-12(8-11)17-10-16-14-7-2-1-6-13(14)15(17)19/h1-10H. The Labute approximate surface area is 109 Å². The summed E-state index contributed by atoms with van der Waals surface area (Å²) in [6.07, 6.45) is 2.23. The van der Waals surface area contributed by atoms with E-state index in [4.69, 9.17) is 0 Å². The highest BCUT2D eigenvalue weighted by atomic mass is 16.1. The van der Waals surface area contributed by atoms with Crippen LogP contribution in [0.3, 0.4) is 0 Å². The van der Waals surface area contributed by atoms with Gasteiger partial charge in [0.25, 0.3) is 5.56 Å². The molecule has 0 unspecified atom stereocenters. The van der Waals surface area contributed by atoms with Crippen LogP contribution in [-0.4, -0.2) is 15.8 Å². The number of rotatable bonds is 2. The first-order valence-corrected chi connectivity index (χ1v) is 5.81. The Kier molecular flexibility index (Phi) is 2.68. The largest absolute Gasteiger partial charge is 0.298 e. The lowest BCUT2D eigenvalue weighted by molar-refractivity contribution is 0.112.